The third-order valence-corrected chi connectivity index (χ3v) is 4.92. The number of nitrogens with one attached hydrogen (secondary N) is 1. The summed E-state index contributed by atoms with van der Waals surface area (Å²) in [5.41, 5.74) is 0.831. The largest absolute Gasteiger partial charge is 0.482 e. The zero-order valence-electron chi connectivity index (χ0n) is 9.91. The van der Waals surface area contributed by atoms with Gasteiger partial charge in [-0.3, -0.25) is 9.59 Å². The van der Waals surface area contributed by atoms with E-state index in [4.69, 9.17) is 16.3 Å². The fraction of sp³-hybridized carbons (Fsp3) is 0.0769. The fourth-order valence-electron chi connectivity index (χ4n) is 1.85. The highest BCUT2D eigenvalue weighted by molar-refractivity contribution is 9.10. The van der Waals surface area contributed by atoms with E-state index in [-0.39, 0.29) is 23.3 Å². The van der Waals surface area contributed by atoms with Gasteiger partial charge >= 0.3 is 0 Å². The highest BCUT2D eigenvalue weighted by atomic mass is 79.9. The van der Waals surface area contributed by atoms with Crippen LogP contribution < -0.4 is 10.1 Å². The first kappa shape index (κ1) is 13.6. The molecule has 7 heteroatoms. The summed E-state index contributed by atoms with van der Waals surface area (Å²) >= 11 is 10.8. The number of fused-ring (bicyclic) bond motifs is 1. The lowest BCUT2D eigenvalue weighted by molar-refractivity contribution is -0.118. The van der Waals surface area contributed by atoms with Crippen molar-refractivity contribution >= 4 is 56.2 Å². The van der Waals surface area contributed by atoms with Crippen molar-refractivity contribution in [3.8, 4) is 5.75 Å². The third-order valence-electron chi connectivity index (χ3n) is 2.77. The summed E-state index contributed by atoms with van der Waals surface area (Å²) in [5, 5.41) is 4.74. The minimum atomic E-state index is -0.242. The minimum absolute atomic E-state index is 0.0645. The standard InChI is InChI=1S/C13H7BrClNO3S/c14-7-1-2-20-13(7)12(18)6-3-10-9(4-8(6)15)16-11(17)5-19-10/h1-4H,5H2,(H,16,17). The first-order valence-electron chi connectivity index (χ1n) is 5.60. The minimum Gasteiger partial charge on any atom is -0.482 e. The van der Waals surface area contributed by atoms with Gasteiger partial charge in [-0.05, 0) is 39.5 Å². The Morgan fingerprint density at radius 3 is 2.95 bits per heavy atom. The van der Waals surface area contributed by atoms with E-state index < -0.39 is 0 Å². The highest BCUT2D eigenvalue weighted by Crippen LogP contribution is 2.36. The molecule has 20 heavy (non-hydrogen) atoms. The van der Waals surface area contributed by atoms with Gasteiger partial charge in [-0.2, -0.15) is 0 Å². The van der Waals surface area contributed by atoms with Crippen LogP contribution in [0.3, 0.4) is 0 Å². The van der Waals surface area contributed by atoms with E-state index in [1.54, 1.807) is 12.1 Å². The lowest BCUT2D eigenvalue weighted by atomic mass is 10.1. The topological polar surface area (TPSA) is 55.4 Å². The van der Waals surface area contributed by atoms with Crippen molar-refractivity contribution in [2.75, 3.05) is 11.9 Å². The molecule has 0 radical (unpaired) electrons. The molecular weight excluding hydrogens is 366 g/mol. The van der Waals surface area contributed by atoms with Crippen LogP contribution in [-0.4, -0.2) is 18.3 Å². The van der Waals surface area contributed by atoms with Crippen LogP contribution >= 0.6 is 38.9 Å². The number of carbonyl (C=O) groups is 2. The van der Waals surface area contributed by atoms with Crippen LogP contribution in [0.5, 0.6) is 5.75 Å². The van der Waals surface area contributed by atoms with E-state index in [2.05, 4.69) is 21.2 Å². The third kappa shape index (κ3) is 2.34. The number of benzene rings is 1. The van der Waals surface area contributed by atoms with E-state index in [9.17, 15) is 9.59 Å². The molecule has 0 spiro atoms. The predicted molar refractivity (Wildman–Crippen MR) is 81.0 cm³/mol. The Labute approximate surface area is 131 Å². The number of thiophene rings is 1. The zero-order valence-corrected chi connectivity index (χ0v) is 13.1. The number of carbonyl (C=O) groups excluding carboxylic acids is 2. The summed E-state index contributed by atoms with van der Waals surface area (Å²) in [7, 11) is 0. The van der Waals surface area contributed by atoms with Gasteiger partial charge in [0, 0.05) is 10.0 Å². The van der Waals surface area contributed by atoms with Crippen molar-refractivity contribution in [2.45, 2.75) is 0 Å². The molecule has 0 saturated heterocycles. The molecule has 1 aromatic heterocycles. The molecule has 1 N–H and O–H groups in total. The maximum absolute atomic E-state index is 12.5. The van der Waals surface area contributed by atoms with Gasteiger partial charge in [-0.25, -0.2) is 0 Å². The second kappa shape index (κ2) is 5.20. The summed E-state index contributed by atoms with van der Waals surface area (Å²) < 4.78 is 6.03. The molecular formula is C13H7BrClNO3S. The molecule has 0 atom stereocenters. The summed E-state index contributed by atoms with van der Waals surface area (Å²) in [5.74, 6) is 0.0267. The number of hydrogen-bond donors (Lipinski definition) is 1. The van der Waals surface area contributed by atoms with Gasteiger partial charge in [0.25, 0.3) is 5.91 Å². The molecule has 1 aliphatic heterocycles. The van der Waals surface area contributed by atoms with Crippen molar-refractivity contribution in [1.82, 2.24) is 0 Å². The molecule has 2 heterocycles. The molecule has 4 nitrogen and oxygen atoms in total. The monoisotopic (exact) mass is 371 g/mol. The van der Waals surface area contributed by atoms with Crippen LogP contribution in [0.1, 0.15) is 15.2 Å². The van der Waals surface area contributed by atoms with Crippen LogP contribution in [0, 0.1) is 0 Å². The van der Waals surface area contributed by atoms with Gasteiger partial charge in [-0.15, -0.1) is 11.3 Å². The molecule has 2 aromatic rings. The normalized spacial score (nSPS) is 13.4. The van der Waals surface area contributed by atoms with Gasteiger partial charge in [0.15, 0.2) is 6.61 Å². The van der Waals surface area contributed by atoms with E-state index in [1.807, 2.05) is 5.38 Å². The number of halogens is 2. The number of rotatable bonds is 2. The van der Waals surface area contributed by atoms with E-state index >= 15 is 0 Å². The van der Waals surface area contributed by atoms with Gasteiger partial charge < -0.3 is 10.1 Å². The Morgan fingerprint density at radius 2 is 2.25 bits per heavy atom. The average molecular weight is 373 g/mol. The lowest BCUT2D eigenvalue weighted by Crippen LogP contribution is -2.25. The smallest absolute Gasteiger partial charge is 0.262 e. The molecule has 0 fully saturated rings. The molecule has 1 aromatic carbocycles. The highest BCUT2D eigenvalue weighted by Gasteiger charge is 2.23. The van der Waals surface area contributed by atoms with Crippen molar-refractivity contribution in [2.24, 2.45) is 0 Å². The summed E-state index contributed by atoms with van der Waals surface area (Å²) in [6.45, 7) is -0.0645. The van der Waals surface area contributed by atoms with Crippen molar-refractivity contribution in [1.29, 1.82) is 0 Å². The van der Waals surface area contributed by atoms with Crippen LogP contribution in [0.15, 0.2) is 28.1 Å². The Kier molecular flexibility index (Phi) is 3.54. The van der Waals surface area contributed by atoms with Gasteiger partial charge in [0.2, 0.25) is 5.78 Å². The molecule has 1 amide bonds. The average Bonchev–Trinajstić information content (AvgIpc) is 2.83. The maximum Gasteiger partial charge on any atom is 0.262 e. The molecule has 3 rings (SSSR count). The molecule has 0 bridgehead atoms. The molecule has 102 valence electrons. The van der Waals surface area contributed by atoms with E-state index in [0.717, 1.165) is 4.47 Å². The Morgan fingerprint density at radius 1 is 1.45 bits per heavy atom. The summed E-state index contributed by atoms with van der Waals surface area (Å²) in [6.07, 6.45) is 0. The van der Waals surface area contributed by atoms with Crippen molar-refractivity contribution < 1.29 is 14.3 Å². The number of ether oxygens (including phenoxy) is 1. The molecule has 0 unspecified atom stereocenters. The van der Waals surface area contributed by atoms with Crippen molar-refractivity contribution in [3.63, 3.8) is 0 Å². The first-order chi connectivity index (χ1) is 9.56. The predicted octanol–water partition coefficient (Wildman–Crippen LogP) is 3.73. The molecule has 0 aliphatic carbocycles. The Hall–Kier alpha value is -1.37. The van der Waals surface area contributed by atoms with Gasteiger partial charge in [-0.1, -0.05) is 11.6 Å². The quantitative estimate of drug-likeness (QED) is 0.817. The van der Waals surface area contributed by atoms with Crippen LogP contribution in [0.2, 0.25) is 5.02 Å². The second-order valence-electron chi connectivity index (χ2n) is 4.09. The van der Waals surface area contributed by atoms with Crippen LogP contribution in [0.25, 0.3) is 0 Å². The number of hydrogen-bond acceptors (Lipinski definition) is 4. The summed E-state index contributed by atoms with van der Waals surface area (Å²) in [4.78, 5) is 24.3. The summed E-state index contributed by atoms with van der Waals surface area (Å²) in [6, 6.07) is 4.90. The van der Waals surface area contributed by atoms with Crippen molar-refractivity contribution in [3.05, 3.63) is 43.5 Å². The van der Waals surface area contributed by atoms with Gasteiger partial charge in [0.1, 0.15) is 5.75 Å². The number of amides is 1. The first-order valence-corrected chi connectivity index (χ1v) is 7.65. The molecule has 1 aliphatic rings. The number of ketones is 1. The maximum atomic E-state index is 12.5. The SMILES string of the molecule is O=C1COc2cc(C(=O)c3sccc3Br)c(Cl)cc2N1. The fourth-order valence-corrected chi connectivity index (χ4v) is 3.61. The number of anilines is 1. The zero-order chi connectivity index (χ0) is 14.3. The van der Waals surface area contributed by atoms with E-state index in [1.165, 1.54) is 17.4 Å². The second-order valence-corrected chi connectivity index (χ2v) is 6.27. The van der Waals surface area contributed by atoms with E-state index in [0.29, 0.717) is 21.9 Å². The van der Waals surface area contributed by atoms with Crippen LogP contribution in [0.4, 0.5) is 5.69 Å². The van der Waals surface area contributed by atoms with Crippen LogP contribution in [-0.2, 0) is 4.79 Å². The molecule has 0 saturated carbocycles. The Bertz CT molecular complexity index is 728. The van der Waals surface area contributed by atoms with Gasteiger partial charge in [0.05, 0.1) is 15.6 Å². The Balaban J connectivity index is 2.05. The lowest BCUT2D eigenvalue weighted by Gasteiger charge is -2.19.